The fourth-order valence-corrected chi connectivity index (χ4v) is 5.27. The minimum absolute atomic E-state index is 0.409. The summed E-state index contributed by atoms with van der Waals surface area (Å²) in [6.45, 7) is 6.79. The van der Waals surface area contributed by atoms with E-state index in [1.54, 1.807) is 7.11 Å². The molecule has 6 rings (SSSR count). The van der Waals surface area contributed by atoms with E-state index in [0.29, 0.717) is 49.0 Å². The summed E-state index contributed by atoms with van der Waals surface area (Å²) >= 11 is 0. The third-order valence-electron chi connectivity index (χ3n) is 7.37. The molecule has 0 spiro atoms. The third kappa shape index (κ3) is 4.67. The Labute approximate surface area is 211 Å². The van der Waals surface area contributed by atoms with Gasteiger partial charge in [-0.25, -0.2) is 4.98 Å². The number of H-pyrrole nitrogens is 1. The minimum Gasteiger partial charge on any atom is -0.492 e. The molecule has 4 heterocycles. The number of likely N-dealkylation sites (tertiary alicyclic amines) is 1. The van der Waals surface area contributed by atoms with Crippen LogP contribution in [0.5, 0.6) is 11.5 Å². The van der Waals surface area contributed by atoms with E-state index in [4.69, 9.17) is 24.9 Å². The van der Waals surface area contributed by atoms with Gasteiger partial charge in [-0.05, 0) is 51.3 Å². The third-order valence-corrected chi connectivity index (χ3v) is 7.37. The summed E-state index contributed by atoms with van der Waals surface area (Å²) in [6, 6.07) is 4.03. The molecule has 0 unspecified atom stereocenters. The molecule has 3 aromatic rings. The molecule has 1 aromatic carbocycles. The SMILES string of the molecule is COc1c(OCCCN2CCCC2)cc2nc(N3CCOCC3)nc(N)c2c1-c1cc(C2CC2)[nH]n1. The van der Waals surface area contributed by atoms with Crippen molar-refractivity contribution in [3.8, 4) is 22.8 Å². The molecule has 0 radical (unpaired) electrons. The van der Waals surface area contributed by atoms with Crippen molar-refractivity contribution in [3.05, 3.63) is 17.8 Å². The summed E-state index contributed by atoms with van der Waals surface area (Å²) in [4.78, 5) is 14.2. The molecule has 1 aliphatic carbocycles. The molecule has 2 aromatic heterocycles. The Balaban J connectivity index is 1.39. The first-order valence-electron chi connectivity index (χ1n) is 13.1. The van der Waals surface area contributed by atoms with Crippen LogP contribution < -0.4 is 20.1 Å². The van der Waals surface area contributed by atoms with E-state index in [0.717, 1.165) is 53.9 Å². The van der Waals surface area contributed by atoms with E-state index in [-0.39, 0.29) is 0 Å². The Morgan fingerprint density at radius 2 is 1.92 bits per heavy atom. The normalized spacial score (nSPS) is 18.8. The van der Waals surface area contributed by atoms with E-state index in [1.165, 1.54) is 38.8 Å². The summed E-state index contributed by atoms with van der Waals surface area (Å²) in [5, 5.41) is 8.59. The lowest BCUT2D eigenvalue weighted by molar-refractivity contribution is 0.122. The molecule has 0 amide bonds. The van der Waals surface area contributed by atoms with Gasteiger partial charge in [0.15, 0.2) is 11.5 Å². The highest BCUT2D eigenvalue weighted by molar-refractivity contribution is 6.05. The monoisotopic (exact) mass is 493 g/mol. The molecule has 0 bridgehead atoms. The van der Waals surface area contributed by atoms with Crippen LogP contribution in [0.25, 0.3) is 22.2 Å². The van der Waals surface area contributed by atoms with Gasteiger partial charge in [0.05, 0.1) is 49.1 Å². The highest BCUT2D eigenvalue weighted by Crippen LogP contribution is 2.47. The molecule has 2 aliphatic heterocycles. The zero-order valence-corrected chi connectivity index (χ0v) is 21.0. The number of nitrogens with two attached hydrogens (primary N) is 1. The zero-order valence-electron chi connectivity index (χ0n) is 21.0. The van der Waals surface area contributed by atoms with Gasteiger partial charge in [0.25, 0.3) is 0 Å². The summed E-state index contributed by atoms with van der Waals surface area (Å²) < 4.78 is 17.8. The number of aromatic nitrogens is 4. The first-order chi connectivity index (χ1) is 17.7. The van der Waals surface area contributed by atoms with Crippen molar-refractivity contribution in [1.82, 2.24) is 25.1 Å². The fourth-order valence-electron chi connectivity index (χ4n) is 5.27. The van der Waals surface area contributed by atoms with Crippen LogP contribution in [-0.2, 0) is 4.74 Å². The number of benzene rings is 1. The predicted octanol–water partition coefficient (Wildman–Crippen LogP) is 3.19. The molecule has 1 saturated carbocycles. The van der Waals surface area contributed by atoms with Crippen LogP contribution in [0.15, 0.2) is 12.1 Å². The van der Waals surface area contributed by atoms with Crippen LogP contribution in [0, 0.1) is 0 Å². The van der Waals surface area contributed by atoms with Gasteiger partial charge in [0.1, 0.15) is 5.82 Å². The standard InChI is InChI=1S/C26H35N7O3/c1-34-24-21(36-12-4-9-32-7-2-3-8-32)16-19-23(22(24)20-15-18(30-31-20)17-5-6-17)25(27)29-26(28-19)33-10-13-35-14-11-33/h15-17H,2-14H2,1H3,(H,30,31)(H2,27,28,29). The van der Waals surface area contributed by atoms with Crippen LogP contribution in [0.3, 0.4) is 0 Å². The zero-order chi connectivity index (χ0) is 24.5. The average molecular weight is 494 g/mol. The van der Waals surface area contributed by atoms with Crippen LogP contribution in [0.1, 0.15) is 43.7 Å². The largest absolute Gasteiger partial charge is 0.492 e. The van der Waals surface area contributed by atoms with Crippen molar-refractivity contribution in [2.24, 2.45) is 0 Å². The van der Waals surface area contributed by atoms with Gasteiger partial charge in [0.2, 0.25) is 5.95 Å². The molecule has 2 saturated heterocycles. The molecular formula is C26H35N7O3. The summed E-state index contributed by atoms with van der Waals surface area (Å²) in [7, 11) is 1.66. The number of rotatable bonds is 9. The number of hydrogen-bond acceptors (Lipinski definition) is 9. The highest BCUT2D eigenvalue weighted by Gasteiger charge is 2.29. The van der Waals surface area contributed by atoms with E-state index < -0.39 is 0 Å². The fraction of sp³-hybridized carbons (Fsp3) is 0.577. The van der Waals surface area contributed by atoms with Crippen molar-refractivity contribution in [1.29, 1.82) is 0 Å². The molecule has 0 atom stereocenters. The first kappa shape index (κ1) is 23.3. The summed E-state index contributed by atoms with van der Waals surface area (Å²) in [5.41, 5.74) is 10.0. The number of methoxy groups -OCH3 is 1. The van der Waals surface area contributed by atoms with Crippen molar-refractivity contribution < 1.29 is 14.2 Å². The number of nitrogens with one attached hydrogen (secondary N) is 1. The van der Waals surface area contributed by atoms with Crippen LogP contribution in [0.4, 0.5) is 11.8 Å². The maximum atomic E-state index is 6.60. The summed E-state index contributed by atoms with van der Waals surface area (Å²) in [5.74, 6) is 2.84. The van der Waals surface area contributed by atoms with Gasteiger partial charge in [0, 0.05) is 37.3 Å². The number of ether oxygens (including phenoxy) is 3. The average Bonchev–Trinajstić information content (AvgIpc) is 3.40. The maximum absolute atomic E-state index is 6.60. The van der Waals surface area contributed by atoms with Crippen molar-refractivity contribution >= 4 is 22.7 Å². The topological polar surface area (TPSA) is 115 Å². The van der Waals surface area contributed by atoms with Gasteiger partial charge < -0.3 is 29.7 Å². The Morgan fingerprint density at radius 3 is 2.67 bits per heavy atom. The van der Waals surface area contributed by atoms with E-state index in [1.807, 2.05) is 6.07 Å². The molecule has 3 aliphatic rings. The lowest BCUT2D eigenvalue weighted by Gasteiger charge is -2.27. The van der Waals surface area contributed by atoms with Crippen molar-refractivity contribution in [3.63, 3.8) is 0 Å². The number of aromatic amines is 1. The van der Waals surface area contributed by atoms with E-state index in [9.17, 15) is 0 Å². The summed E-state index contributed by atoms with van der Waals surface area (Å²) in [6.07, 6.45) is 5.92. The molecule has 36 heavy (non-hydrogen) atoms. The Kier molecular flexibility index (Phi) is 6.54. The van der Waals surface area contributed by atoms with Crippen LogP contribution in [0.2, 0.25) is 0 Å². The van der Waals surface area contributed by atoms with E-state index >= 15 is 0 Å². The molecular weight excluding hydrogens is 458 g/mol. The van der Waals surface area contributed by atoms with Crippen molar-refractivity contribution in [2.75, 3.05) is 70.3 Å². The first-order valence-corrected chi connectivity index (χ1v) is 13.1. The number of fused-ring (bicyclic) bond motifs is 1. The molecule has 10 nitrogen and oxygen atoms in total. The maximum Gasteiger partial charge on any atom is 0.228 e. The number of anilines is 2. The quantitative estimate of drug-likeness (QED) is 0.434. The van der Waals surface area contributed by atoms with Crippen molar-refractivity contribution in [2.45, 2.75) is 38.0 Å². The van der Waals surface area contributed by atoms with Gasteiger partial charge in [-0.1, -0.05) is 0 Å². The number of morpholine rings is 1. The smallest absolute Gasteiger partial charge is 0.228 e. The molecule has 192 valence electrons. The van der Waals surface area contributed by atoms with Gasteiger partial charge in [-0.15, -0.1) is 0 Å². The van der Waals surface area contributed by atoms with E-state index in [2.05, 4.69) is 31.0 Å². The van der Waals surface area contributed by atoms with Gasteiger partial charge in [-0.2, -0.15) is 10.1 Å². The Hall–Kier alpha value is -3.11. The lowest BCUT2D eigenvalue weighted by atomic mass is 10.0. The molecule has 10 heteroatoms. The number of hydrogen-bond donors (Lipinski definition) is 2. The Morgan fingerprint density at radius 1 is 1.11 bits per heavy atom. The Bertz CT molecular complexity index is 1210. The molecule has 3 N–H and O–H groups in total. The lowest BCUT2D eigenvalue weighted by Crippen LogP contribution is -2.37. The molecule has 3 fully saturated rings. The second-order valence-corrected chi connectivity index (χ2v) is 9.92. The predicted molar refractivity (Wildman–Crippen MR) is 139 cm³/mol. The van der Waals surface area contributed by atoms with Crippen LogP contribution >= 0.6 is 0 Å². The van der Waals surface area contributed by atoms with Gasteiger partial charge >= 0.3 is 0 Å². The second kappa shape index (κ2) is 10.1. The second-order valence-electron chi connectivity index (χ2n) is 9.92. The number of nitrogens with zero attached hydrogens (tertiary/aromatic N) is 5. The highest BCUT2D eigenvalue weighted by atomic mass is 16.5. The number of nitrogen functional groups attached to an aromatic ring is 1. The van der Waals surface area contributed by atoms with Crippen LogP contribution in [-0.4, -0.2) is 84.7 Å². The minimum atomic E-state index is 0.409. The van der Waals surface area contributed by atoms with Gasteiger partial charge in [-0.3, -0.25) is 5.10 Å².